The van der Waals surface area contributed by atoms with Gasteiger partial charge in [0.1, 0.15) is 6.04 Å². The predicted octanol–water partition coefficient (Wildman–Crippen LogP) is 0.238. The summed E-state index contributed by atoms with van der Waals surface area (Å²) in [5, 5.41) is 12.5. The number of hydrogen-bond donors (Lipinski definition) is 4. The Balaban J connectivity index is 2.16. The highest BCUT2D eigenvalue weighted by atomic mass is 16.4. The highest BCUT2D eigenvalue weighted by Gasteiger charge is 2.20. The molecule has 0 aliphatic heterocycles. The lowest BCUT2D eigenvalue weighted by atomic mass is 10.1. The summed E-state index contributed by atoms with van der Waals surface area (Å²) in [7, 11) is 0. The Hall–Kier alpha value is -2.34. The molecular weight excluding hydrogens is 246 g/mol. The van der Waals surface area contributed by atoms with Crippen LogP contribution in [0.3, 0.4) is 0 Å². The molecular formula is C13H15N3O3. The fraction of sp³-hybridized carbons (Fsp3) is 0.231. The molecule has 100 valence electrons. The standard InChI is InChI=1S/C13H15N3O3/c14-7-12(17)16-11(13(18)19)6-9-5-8-3-1-2-4-10(8)15-9/h1-5,11,15H,6-7,14H2,(H,16,17)(H,18,19)/t11-/m0/s1. The Morgan fingerprint density at radius 2 is 2.11 bits per heavy atom. The maximum Gasteiger partial charge on any atom is 0.326 e. The number of hydrogen-bond acceptors (Lipinski definition) is 3. The molecule has 19 heavy (non-hydrogen) atoms. The van der Waals surface area contributed by atoms with Crippen molar-refractivity contribution < 1.29 is 14.7 Å². The first-order chi connectivity index (χ1) is 9.10. The second-order valence-electron chi connectivity index (χ2n) is 4.25. The zero-order valence-electron chi connectivity index (χ0n) is 10.2. The van der Waals surface area contributed by atoms with Crippen molar-refractivity contribution in [2.24, 2.45) is 5.73 Å². The van der Waals surface area contributed by atoms with E-state index < -0.39 is 17.9 Å². The largest absolute Gasteiger partial charge is 0.480 e. The quantitative estimate of drug-likeness (QED) is 0.618. The molecule has 1 heterocycles. The zero-order valence-corrected chi connectivity index (χ0v) is 10.2. The van der Waals surface area contributed by atoms with Crippen molar-refractivity contribution in [2.75, 3.05) is 6.54 Å². The van der Waals surface area contributed by atoms with Crippen LogP contribution in [0.5, 0.6) is 0 Å². The highest BCUT2D eigenvalue weighted by Crippen LogP contribution is 2.15. The number of carboxylic acid groups (broad SMARTS) is 1. The lowest BCUT2D eigenvalue weighted by molar-refractivity contribution is -0.141. The van der Waals surface area contributed by atoms with E-state index in [0.717, 1.165) is 16.6 Å². The summed E-state index contributed by atoms with van der Waals surface area (Å²) in [6, 6.07) is 8.54. The van der Waals surface area contributed by atoms with Gasteiger partial charge in [0, 0.05) is 17.6 Å². The topological polar surface area (TPSA) is 108 Å². The average molecular weight is 261 g/mol. The first kappa shape index (κ1) is 13.1. The molecule has 0 fully saturated rings. The number of carbonyl (C=O) groups excluding carboxylic acids is 1. The minimum Gasteiger partial charge on any atom is -0.480 e. The Kier molecular flexibility index (Phi) is 3.82. The molecule has 0 aliphatic carbocycles. The van der Waals surface area contributed by atoms with Crippen LogP contribution in [0.25, 0.3) is 10.9 Å². The summed E-state index contributed by atoms with van der Waals surface area (Å²) in [5.74, 6) is -1.57. The molecule has 6 nitrogen and oxygen atoms in total. The minimum atomic E-state index is -1.08. The van der Waals surface area contributed by atoms with Crippen molar-refractivity contribution in [3.8, 4) is 0 Å². The highest BCUT2D eigenvalue weighted by molar-refractivity contribution is 5.85. The maximum atomic E-state index is 11.2. The van der Waals surface area contributed by atoms with E-state index in [1.165, 1.54) is 0 Å². The summed E-state index contributed by atoms with van der Waals surface area (Å²) >= 11 is 0. The fourth-order valence-electron chi connectivity index (χ4n) is 1.92. The third-order valence-corrected chi connectivity index (χ3v) is 2.83. The molecule has 1 aromatic heterocycles. The third-order valence-electron chi connectivity index (χ3n) is 2.83. The van der Waals surface area contributed by atoms with Crippen LogP contribution in [0.1, 0.15) is 5.69 Å². The van der Waals surface area contributed by atoms with Crippen molar-refractivity contribution in [1.82, 2.24) is 10.3 Å². The lowest BCUT2D eigenvalue weighted by Crippen LogP contribution is -2.44. The molecule has 0 aliphatic rings. The maximum absolute atomic E-state index is 11.2. The molecule has 1 aromatic carbocycles. The normalized spacial score (nSPS) is 12.3. The van der Waals surface area contributed by atoms with Gasteiger partial charge in [0.15, 0.2) is 0 Å². The average Bonchev–Trinajstić information content (AvgIpc) is 2.79. The van der Waals surface area contributed by atoms with Gasteiger partial charge in [0.2, 0.25) is 5.91 Å². The van der Waals surface area contributed by atoms with Crippen molar-refractivity contribution in [1.29, 1.82) is 0 Å². The van der Waals surface area contributed by atoms with Crippen LogP contribution in [-0.2, 0) is 16.0 Å². The van der Waals surface area contributed by atoms with Gasteiger partial charge in [-0.3, -0.25) is 4.79 Å². The van der Waals surface area contributed by atoms with Crippen molar-refractivity contribution in [3.63, 3.8) is 0 Å². The molecule has 0 radical (unpaired) electrons. The van der Waals surface area contributed by atoms with E-state index in [4.69, 9.17) is 10.8 Å². The van der Waals surface area contributed by atoms with E-state index in [9.17, 15) is 9.59 Å². The first-order valence-electron chi connectivity index (χ1n) is 5.89. The molecule has 1 amide bonds. The number of H-pyrrole nitrogens is 1. The lowest BCUT2D eigenvalue weighted by Gasteiger charge is -2.12. The van der Waals surface area contributed by atoms with Crippen LogP contribution >= 0.6 is 0 Å². The number of aromatic nitrogens is 1. The Morgan fingerprint density at radius 3 is 2.74 bits per heavy atom. The molecule has 0 bridgehead atoms. The van der Waals surface area contributed by atoms with E-state index >= 15 is 0 Å². The first-order valence-corrected chi connectivity index (χ1v) is 5.89. The predicted molar refractivity (Wildman–Crippen MR) is 70.6 cm³/mol. The van der Waals surface area contributed by atoms with Gasteiger partial charge >= 0.3 is 5.97 Å². The number of para-hydroxylation sites is 1. The number of aromatic amines is 1. The van der Waals surface area contributed by atoms with E-state index in [1.54, 1.807) is 0 Å². The summed E-state index contributed by atoms with van der Waals surface area (Å²) in [4.78, 5) is 25.4. The van der Waals surface area contributed by atoms with E-state index in [0.29, 0.717) is 0 Å². The van der Waals surface area contributed by atoms with Gasteiger partial charge < -0.3 is 21.1 Å². The molecule has 0 spiro atoms. The summed E-state index contributed by atoms with van der Waals surface area (Å²) < 4.78 is 0. The van der Waals surface area contributed by atoms with Crippen molar-refractivity contribution in [3.05, 3.63) is 36.0 Å². The number of carboxylic acids is 1. The van der Waals surface area contributed by atoms with Crippen LogP contribution in [0.4, 0.5) is 0 Å². The third kappa shape index (κ3) is 3.11. The SMILES string of the molecule is NCC(=O)N[C@@H](Cc1cc2ccccc2[nH]1)C(=O)O. The molecule has 0 saturated carbocycles. The Bertz CT molecular complexity index is 573. The number of benzene rings is 1. The van der Waals surface area contributed by atoms with E-state index in [-0.39, 0.29) is 13.0 Å². The van der Waals surface area contributed by atoms with Crippen molar-refractivity contribution >= 4 is 22.8 Å². The van der Waals surface area contributed by atoms with Gasteiger partial charge in [-0.05, 0) is 17.5 Å². The number of nitrogens with two attached hydrogens (primary N) is 1. The van der Waals surface area contributed by atoms with Crippen LogP contribution < -0.4 is 11.1 Å². The van der Waals surface area contributed by atoms with Gasteiger partial charge in [-0.2, -0.15) is 0 Å². The number of rotatable bonds is 5. The van der Waals surface area contributed by atoms with Gasteiger partial charge in [-0.15, -0.1) is 0 Å². The number of fused-ring (bicyclic) bond motifs is 1. The number of carbonyl (C=O) groups is 2. The minimum absolute atomic E-state index is 0.190. The van der Waals surface area contributed by atoms with Gasteiger partial charge in [-0.1, -0.05) is 18.2 Å². The summed E-state index contributed by atoms with van der Waals surface area (Å²) in [6.45, 7) is -0.226. The van der Waals surface area contributed by atoms with Crippen molar-refractivity contribution in [2.45, 2.75) is 12.5 Å². The molecule has 5 N–H and O–H groups in total. The fourth-order valence-corrected chi connectivity index (χ4v) is 1.92. The van der Waals surface area contributed by atoms with Gasteiger partial charge in [-0.25, -0.2) is 4.79 Å². The van der Waals surface area contributed by atoms with Crippen LogP contribution in [0, 0.1) is 0 Å². The molecule has 2 aromatic rings. The monoisotopic (exact) mass is 261 g/mol. The smallest absolute Gasteiger partial charge is 0.326 e. The van der Waals surface area contributed by atoms with E-state index in [1.807, 2.05) is 30.3 Å². The second-order valence-corrected chi connectivity index (χ2v) is 4.25. The molecule has 2 rings (SSSR count). The molecule has 0 saturated heterocycles. The summed E-state index contributed by atoms with van der Waals surface area (Å²) in [6.07, 6.45) is 0.190. The van der Waals surface area contributed by atoms with Crippen LogP contribution in [0.2, 0.25) is 0 Å². The number of amides is 1. The molecule has 0 unspecified atom stereocenters. The van der Waals surface area contributed by atoms with E-state index in [2.05, 4.69) is 10.3 Å². The molecule has 1 atom stereocenters. The summed E-state index contributed by atoms with van der Waals surface area (Å²) in [5.41, 5.74) is 6.85. The number of aliphatic carboxylic acids is 1. The van der Waals surface area contributed by atoms with Crippen LogP contribution in [-0.4, -0.2) is 34.6 Å². The van der Waals surface area contributed by atoms with Gasteiger partial charge in [0.05, 0.1) is 6.54 Å². The zero-order chi connectivity index (χ0) is 13.8. The number of nitrogens with one attached hydrogen (secondary N) is 2. The Morgan fingerprint density at radius 1 is 1.37 bits per heavy atom. The van der Waals surface area contributed by atoms with Gasteiger partial charge in [0.25, 0.3) is 0 Å². The second kappa shape index (κ2) is 5.53. The molecule has 6 heteroatoms. The Labute approximate surface area is 109 Å². The van der Waals surface area contributed by atoms with Crippen LogP contribution in [0.15, 0.2) is 30.3 Å².